The average Bonchev–Trinajstić information content (AvgIpc) is 2.49. The van der Waals surface area contributed by atoms with Crippen LogP contribution in [0.15, 0.2) is 12.1 Å². The Hall–Kier alpha value is -0.740. The maximum Gasteiger partial charge on any atom is 0.129 e. The molecule has 0 fully saturated rings. The van der Waals surface area contributed by atoms with Crippen LogP contribution in [0.2, 0.25) is 0 Å². The second kappa shape index (κ2) is 9.31. The van der Waals surface area contributed by atoms with Gasteiger partial charge in [-0.1, -0.05) is 20.8 Å². The first-order valence-electron chi connectivity index (χ1n) is 7.92. The molecule has 0 aliphatic rings. The van der Waals surface area contributed by atoms with Crippen LogP contribution in [-0.4, -0.2) is 36.6 Å². The number of hydrogen-bond donors (Lipinski definition) is 1. The smallest absolute Gasteiger partial charge is 0.129 e. The van der Waals surface area contributed by atoms with Gasteiger partial charge in [-0.3, -0.25) is 0 Å². The van der Waals surface area contributed by atoms with Crippen LogP contribution in [0.1, 0.15) is 51.3 Å². The molecule has 0 aliphatic carbocycles. The van der Waals surface area contributed by atoms with Crippen LogP contribution in [-0.2, 0) is 6.54 Å². The van der Waals surface area contributed by atoms with Crippen molar-refractivity contribution in [2.75, 3.05) is 30.5 Å². The topological polar surface area (TPSA) is 28.2 Å². The fourth-order valence-electron chi connectivity index (χ4n) is 2.15. The van der Waals surface area contributed by atoms with Gasteiger partial charge in [-0.2, -0.15) is 11.8 Å². The van der Waals surface area contributed by atoms with Gasteiger partial charge in [0.05, 0.1) is 0 Å². The van der Waals surface area contributed by atoms with Crippen molar-refractivity contribution in [1.82, 2.24) is 10.3 Å². The van der Waals surface area contributed by atoms with Crippen LogP contribution in [0.25, 0.3) is 0 Å². The second-order valence-corrected chi connectivity index (χ2v) is 6.92. The number of hydrogen-bond acceptors (Lipinski definition) is 4. The second-order valence-electron chi connectivity index (χ2n) is 5.93. The number of nitrogens with one attached hydrogen (secondary N) is 1. The van der Waals surface area contributed by atoms with Crippen LogP contribution in [0, 0.1) is 0 Å². The van der Waals surface area contributed by atoms with E-state index in [-0.39, 0.29) is 0 Å². The fraction of sp³-hybridized carbons (Fsp3) is 0.706. The molecule has 0 saturated heterocycles. The maximum absolute atomic E-state index is 4.86. The summed E-state index contributed by atoms with van der Waals surface area (Å²) in [6, 6.07) is 4.97. The van der Waals surface area contributed by atoms with Gasteiger partial charge >= 0.3 is 0 Å². The Labute approximate surface area is 134 Å². The van der Waals surface area contributed by atoms with Gasteiger partial charge < -0.3 is 10.2 Å². The lowest BCUT2D eigenvalue weighted by Gasteiger charge is -2.27. The van der Waals surface area contributed by atoms with Crippen LogP contribution < -0.4 is 10.2 Å². The number of rotatable bonds is 9. The summed E-state index contributed by atoms with van der Waals surface area (Å²) < 4.78 is 0. The molecular weight excluding hydrogens is 278 g/mol. The highest BCUT2D eigenvalue weighted by Gasteiger charge is 2.14. The highest BCUT2D eigenvalue weighted by molar-refractivity contribution is 7.98. The summed E-state index contributed by atoms with van der Waals surface area (Å²) in [4.78, 5) is 7.18. The Morgan fingerprint density at radius 2 is 2.00 bits per heavy atom. The largest absolute Gasteiger partial charge is 0.357 e. The maximum atomic E-state index is 4.86. The molecule has 1 aromatic heterocycles. The van der Waals surface area contributed by atoms with Crippen molar-refractivity contribution < 1.29 is 0 Å². The number of thioether (sulfide) groups is 1. The minimum Gasteiger partial charge on any atom is -0.357 e. The molecule has 1 rings (SSSR count). The lowest BCUT2D eigenvalue weighted by atomic mass is 10.1. The monoisotopic (exact) mass is 309 g/mol. The van der Waals surface area contributed by atoms with Crippen molar-refractivity contribution in [1.29, 1.82) is 0 Å². The van der Waals surface area contributed by atoms with Crippen molar-refractivity contribution in [2.45, 2.75) is 52.6 Å². The molecule has 4 heteroatoms. The Morgan fingerprint density at radius 1 is 1.29 bits per heavy atom. The molecule has 0 amide bonds. The predicted octanol–water partition coefficient (Wildman–Crippen LogP) is 3.89. The number of anilines is 1. The minimum atomic E-state index is 0.459. The van der Waals surface area contributed by atoms with E-state index in [1.165, 1.54) is 23.4 Å². The van der Waals surface area contributed by atoms with E-state index in [2.05, 4.69) is 63.3 Å². The fourth-order valence-corrected chi connectivity index (χ4v) is 2.73. The van der Waals surface area contributed by atoms with Gasteiger partial charge in [-0.05, 0) is 55.5 Å². The molecular formula is C17H31N3S. The van der Waals surface area contributed by atoms with E-state index in [1.54, 1.807) is 0 Å². The van der Waals surface area contributed by atoms with E-state index >= 15 is 0 Å². The molecule has 0 aliphatic heterocycles. The van der Waals surface area contributed by atoms with Crippen molar-refractivity contribution in [3.8, 4) is 0 Å². The standard InChI is InChI=1S/C17H31N3S/c1-7-18-12-15-10-16(13(2)3)19-17(11-15)20(5)14(4)8-9-21-6/h10-11,13-14,18H,7-9,12H2,1-6H3. The molecule has 1 heterocycles. The Balaban J connectivity index is 2.95. The normalized spacial score (nSPS) is 12.7. The summed E-state index contributed by atoms with van der Waals surface area (Å²) >= 11 is 1.91. The molecule has 0 saturated carbocycles. The molecule has 21 heavy (non-hydrogen) atoms. The van der Waals surface area contributed by atoms with Crippen LogP contribution in [0.4, 0.5) is 5.82 Å². The van der Waals surface area contributed by atoms with Gasteiger partial charge in [0.1, 0.15) is 5.82 Å². The van der Waals surface area contributed by atoms with Gasteiger partial charge in [-0.15, -0.1) is 0 Å². The molecule has 1 N–H and O–H groups in total. The van der Waals surface area contributed by atoms with Crippen molar-refractivity contribution in [3.05, 3.63) is 23.4 Å². The predicted molar refractivity (Wildman–Crippen MR) is 96.6 cm³/mol. The van der Waals surface area contributed by atoms with E-state index < -0.39 is 0 Å². The summed E-state index contributed by atoms with van der Waals surface area (Å²) in [6.45, 7) is 10.7. The summed E-state index contributed by atoms with van der Waals surface area (Å²) in [5.41, 5.74) is 2.51. The van der Waals surface area contributed by atoms with Crippen molar-refractivity contribution in [2.24, 2.45) is 0 Å². The molecule has 0 spiro atoms. The molecule has 1 atom stereocenters. The highest BCUT2D eigenvalue weighted by atomic mass is 32.2. The van der Waals surface area contributed by atoms with E-state index in [4.69, 9.17) is 4.98 Å². The van der Waals surface area contributed by atoms with Gasteiger partial charge in [-0.25, -0.2) is 4.98 Å². The number of nitrogens with zero attached hydrogens (tertiary/aromatic N) is 2. The molecule has 0 bridgehead atoms. The first-order valence-corrected chi connectivity index (χ1v) is 9.32. The lowest BCUT2D eigenvalue weighted by molar-refractivity contribution is 0.655. The lowest BCUT2D eigenvalue weighted by Crippen LogP contribution is -2.30. The van der Waals surface area contributed by atoms with Crippen LogP contribution in [0.5, 0.6) is 0 Å². The Kier molecular flexibility index (Phi) is 8.12. The van der Waals surface area contributed by atoms with E-state index in [1.807, 2.05) is 11.8 Å². The molecule has 1 unspecified atom stereocenters. The molecule has 0 aromatic carbocycles. The van der Waals surface area contributed by atoms with Crippen molar-refractivity contribution >= 4 is 17.6 Å². The summed E-state index contributed by atoms with van der Waals surface area (Å²) in [7, 11) is 2.16. The zero-order valence-electron chi connectivity index (χ0n) is 14.4. The van der Waals surface area contributed by atoms with E-state index in [0.29, 0.717) is 12.0 Å². The zero-order chi connectivity index (χ0) is 15.8. The van der Waals surface area contributed by atoms with Gasteiger partial charge in [0.2, 0.25) is 0 Å². The van der Waals surface area contributed by atoms with E-state index in [0.717, 1.165) is 18.9 Å². The third kappa shape index (κ3) is 5.87. The Bertz CT molecular complexity index is 420. The quantitative estimate of drug-likeness (QED) is 0.749. The van der Waals surface area contributed by atoms with Gasteiger partial charge in [0, 0.05) is 25.3 Å². The average molecular weight is 310 g/mol. The van der Waals surface area contributed by atoms with Gasteiger partial charge in [0.15, 0.2) is 0 Å². The zero-order valence-corrected chi connectivity index (χ0v) is 15.3. The molecule has 3 nitrogen and oxygen atoms in total. The Morgan fingerprint density at radius 3 is 2.57 bits per heavy atom. The highest BCUT2D eigenvalue weighted by Crippen LogP contribution is 2.22. The summed E-state index contributed by atoms with van der Waals surface area (Å²) in [5, 5.41) is 3.41. The summed E-state index contributed by atoms with van der Waals surface area (Å²) in [5.74, 6) is 2.75. The number of pyridine rings is 1. The van der Waals surface area contributed by atoms with E-state index in [9.17, 15) is 0 Å². The summed E-state index contributed by atoms with van der Waals surface area (Å²) in [6.07, 6.45) is 3.35. The SMILES string of the molecule is CCNCc1cc(C(C)C)nc(N(C)C(C)CCSC)c1. The first kappa shape index (κ1) is 18.3. The molecule has 1 aromatic rings. The third-order valence-corrected chi connectivity index (χ3v) is 4.47. The van der Waals surface area contributed by atoms with Gasteiger partial charge in [0.25, 0.3) is 0 Å². The minimum absolute atomic E-state index is 0.459. The first-order chi connectivity index (χ1) is 9.99. The molecule has 120 valence electrons. The van der Waals surface area contributed by atoms with Crippen LogP contribution in [0.3, 0.4) is 0 Å². The number of aromatic nitrogens is 1. The van der Waals surface area contributed by atoms with Crippen molar-refractivity contribution in [3.63, 3.8) is 0 Å². The third-order valence-electron chi connectivity index (χ3n) is 3.82. The molecule has 0 radical (unpaired) electrons. The van der Waals surface area contributed by atoms with Crippen LogP contribution >= 0.6 is 11.8 Å².